The highest BCUT2D eigenvalue weighted by atomic mass is 16.6. The van der Waals surface area contributed by atoms with Gasteiger partial charge in [0.05, 0.1) is 7.11 Å². The van der Waals surface area contributed by atoms with Crippen molar-refractivity contribution >= 4 is 17.7 Å². The van der Waals surface area contributed by atoms with Crippen LogP contribution in [0.25, 0.3) is 0 Å². The zero-order valence-electron chi connectivity index (χ0n) is 23.1. The minimum Gasteiger partial charge on any atom is -0.469 e. The first-order valence-electron chi connectivity index (χ1n) is 14.0. The Morgan fingerprint density at radius 3 is 2.58 bits per heavy atom. The molecule has 0 aromatic heterocycles. The van der Waals surface area contributed by atoms with E-state index in [2.05, 4.69) is 27.4 Å². The summed E-state index contributed by atoms with van der Waals surface area (Å²) in [6, 6.07) is 0. The second-order valence-corrected chi connectivity index (χ2v) is 13.6. The van der Waals surface area contributed by atoms with E-state index in [-0.39, 0.29) is 51.4 Å². The van der Waals surface area contributed by atoms with Crippen LogP contribution in [0.5, 0.6) is 0 Å². The lowest BCUT2D eigenvalue weighted by molar-refractivity contribution is -0.158. The molecule has 1 heterocycles. The number of hydrogen-bond acceptors (Lipinski definition) is 5. The maximum absolute atomic E-state index is 12.7. The van der Waals surface area contributed by atoms with E-state index >= 15 is 0 Å². The zero-order chi connectivity index (χ0) is 26.3. The molecule has 3 unspecified atom stereocenters. The van der Waals surface area contributed by atoms with Gasteiger partial charge in [-0.3, -0.25) is 9.59 Å². The van der Waals surface area contributed by atoms with Crippen LogP contribution in [0.15, 0.2) is 23.8 Å². The van der Waals surface area contributed by atoms with Gasteiger partial charge in [-0.25, -0.2) is 4.79 Å². The van der Waals surface area contributed by atoms with Gasteiger partial charge >= 0.3 is 11.9 Å². The number of carbonyl (C=O) groups excluding carboxylic acids is 3. The summed E-state index contributed by atoms with van der Waals surface area (Å²) < 4.78 is 11.0. The summed E-state index contributed by atoms with van der Waals surface area (Å²) in [5, 5.41) is 0. The quantitative estimate of drug-likeness (QED) is 0.309. The van der Waals surface area contributed by atoms with Crippen LogP contribution < -0.4 is 0 Å². The second kappa shape index (κ2) is 8.30. The van der Waals surface area contributed by atoms with Crippen molar-refractivity contribution < 1.29 is 23.9 Å². The van der Waals surface area contributed by atoms with Crippen LogP contribution in [-0.4, -0.2) is 30.9 Å². The van der Waals surface area contributed by atoms with E-state index in [0.29, 0.717) is 36.2 Å². The highest BCUT2D eigenvalue weighted by Gasteiger charge is 2.83. The van der Waals surface area contributed by atoms with Crippen molar-refractivity contribution in [2.45, 2.75) is 98.5 Å². The molecule has 0 N–H and O–H groups in total. The predicted octanol–water partition coefficient (Wildman–Crippen LogP) is 6.21. The number of esters is 2. The molecule has 1 aliphatic heterocycles. The monoisotopic (exact) mass is 496 g/mol. The first kappa shape index (κ1) is 25.7. The fraction of sp³-hybridized carbons (Fsp3) is 0.774. The number of carbonyl (C=O) groups is 3. The Morgan fingerprint density at radius 1 is 1.19 bits per heavy atom. The molecule has 0 aromatic rings. The standard InChI is InChI=1S/C31H44O5/c1-18(2)14-21(32)15-19(3)22-8-10-29(6)24-16-23-26(20(4)27(34)36-23)31(11-9-25(33)35-7)17-30(24,31)13-12-28(22,29)5/h14,19,22-24,26H,4,8-13,15-17H2,1-3,5-7H3/t19?,22?,23-,24?,26-,28-,29+,30+,31-/m1/s1. The molecule has 36 heavy (non-hydrogen) atoms. The minimum absolute atomic E-state index is 0.0247. The molecule has 1 spiro atoms. The number of rotatable bonds is 7. The summed E-state index contributed by atoms with van der Waals surface area (Å²) in [7, 11) is 1.45. The third-order valence-corrected chi connectivity index (χ3v) is 12.1. The Bertz CT molecular complexity index is 1040. The first-order valence-corrected chi connectivity index (χ1v) is 14.0. The number of allylic oxidation sites excluding steroid dienone is 2. The Morgan fingerprint density at radius 2 is 1.92 bits per heavy atom. The topological polar surface area (TPSA) is 69.7 Å². The number of hydrogen-bond donors (Lipinski definition) is 0. The van der Waals surface area contributed by atoms with E-state index in [0.717, 1.165) is 50.5 Å². The predicted molar refractivity (Wildman–Crippen MR) is 138 cm³/mol. The van der Waals surface area contributed by atoms with Gasteiger partial charge < -0.3 is 9.47 Å². The third-order valence-electron chi connectivity index (χ3n) is 12.1. The molecule has 9 atom stereocenters. The molecule has 0 radical (unpaired) electrons. The van der Waals surface area contributed by atoms with Crippen LogP contribution in [0, 0.1) is 45.3 Å². The fourth-order valence-electron chi connectivity index (χ4n) is 10.4. The third kappa shape index (κ3) is 3.29. The van der Waals surface area contributed by atoms with Gasteiger partial charge in [-0.2, -0.15) is 0 Å². The second-order valence-electron chi connectivity index (χ2n) is 13.6. The summed E-state index contributed by atoms with van der Waals surface area (Å²) in [5.41, 5.74) is 2.01. The molecular weight excluding hydrogens is 452 g/mol. The maximum Gasteiger partial charge on any atom is 0.334 e. The minimum atomic E-state index is -0.244. The lowest BCUT2D eigenvalue weighted by Gasteiger charge is -2.61. The van der Waals surface area contributed by atoms with Gasteiger partial charge in [0.15, 0.2) is 5.78 Å². The Kier molecular flexibility index (Phi) is 5.93. The van der Waals surface area contributed by atoms with Crippen molar-refractivity contribution in [1.29, 1.82) is 0 Å². The van der Waals surface area contributed by atoms with Crippen molar-refractivity contribution in [2.75, 3.05) is 7.11 Å². The molecule has 5 rings (SSSR count). The molecule has 5 nitrogen and oxygen atoms in total. The lowest BCUT2D eigenvalue weighted by Crippen LogP contribution is -2.56. The molecule has 0 aromatic carbocycles. The maximum atomic E-state index is 12.7. The molecule has 198 valence electrons. The van der Waals surface area contributed by atoms with E-state index < -0.39 is 0 Å². The SMILES string of the molecule is C=C1C(=O)O[C@@H]2CC3[C@]4(CC[C@]5(C)C(C(C)CC(=O)C=C(C)C)CC[C@@]35C)C[C@]4(CCC(=O)OC)[C@H]12. The van der Waals surface area contributed by atoms with Gasteiger partial charge in [0.25, 0.3) is 0 Å². The lowest BCUT2D eigenvalue weighted by atomic mass is 9.43. The molecule has 0 amide bonds. The largest absolute Gasteiger partial charge is 0.469 e. The van der Waals surface area contributed by atoms with Gasteiger partial charge in [-0.05, 0) is 104 Å². The normalized spacial score (nSPS) is 44.9. The Labute approximate surface area is 216 Å². The van der Waals surface area contributed by atoms with Crippen LogP contribution in [0.3, 0.4) is 0 Å². The van der Waals surface area contributed by atoms with Crippen molar-refractivity contribution in [3.05, 3.63) is 23.8 Å². The molecule has 0 bridgehead atoms. The molecule has 4 saturated carbocycles. The smallest absolute Gasteiger partial charge is 0.334 e. The van der Waals surface area contributed by atoms with Crippen LogP contribution in [0.4, 0.5) is 0 Å². The summed E-state index contributed by atoms with van der Waals surface area (Å²) in [6.45, 7) is 15.4. The summed E-state index contributed by atoms with van der Waals surface area (Å²) in [6.07, 6.45) is 9.95. The summed E-state index contributed by atoms with van der Waals surface area (Å²) in [5.74, 6) is 1.15. The van der Waals surface area contributed by atoms with Crippen LogP contribution >= 0.6 is 0 Å². The average Bonchev–Trinajstić information content (AvgIpc) is 3.26. The van der Waals surface area contributed by atoms with E-state index in [1.54, 1.807) is 6.08 Å². The van der Waals surface area contributed by atoms with Crippen LogP contribution in [-0.2, 0) is 23.9 Å². The number of ether oxygens (including phenoxy) is 2. The Balaban J connectivity index is 1.46. The average molecular weight is 497 g/mol. The van der Waals surface area contributed by atoms with Gasteiger partial charge in [0, 0.05) is 24.3 Å². The van der Waals surface area contributed by atoms with Gasteiger partial charge in [-0.1, -0.05) is 32.9 Å². The molecule has 1 saturated heterocycles. The van der Waals surface area contributed by atoms with E-state index in [4.69, 9.17) is 9.47 Å². The molecule has 5 fully saturated rings. The molecular formula is C31H44O5. The highest BCUT2D eigenvalue weighted by Crippen LogP contribution is 2.88. The van der Waals surface area contributed by atoms with Crippen molar-refractivity contribution in [3.8, 4) is 0 Å². The van der Waals surface area contributed by atoms with Gasteiger partial charge in [0.2, 0.25) is 0 Å². The first-order chi connectivity index (χ1) is 16.8. The number of ketones is 1. The van der Waals surface area contributed by atoms with Crippen molar-refractivity contribution in [1.82, 2.24) is 0 Å². The summed E-state index contributed by atoms with van der Waals surface area (Å²) in [4.78, 5) is 37.6. The van der Waals surface area contributed by atoms with Crippen molar-refractivity contribution in [2.24, 2.45) is 45.3 Å². The van der Waals surface area contributed by atoms with Gasteiger partial charge in [-0.15, -0.1) is 0 Å². The highest BCUT2D eigenvalue weighted by molar-refractivity contribution is 5.91. The molecule has 5 heteroatoms. The van der Waals surface area contributed by atoms with E-state index in [9.17, 15) is 14.4 Å². The Hall–Kier alpha value is -1.91. The fourth-order valence-corrected chi connectivity index (χ4v) is 10.4. The summed E-state index contributed by atoms with van der Waals surface area (Å²) >= 11 is 0. The zero-order valence-corrected chi connectivity index (χ0v) is 23.1. The van der Waals surface area contributed by atoms with E-state index in [1.807, 2.05) is 13.8 Å². The molecule has 5 aliphatic rings. The van der Waals surface area contributed by atoms with E-state index in [1.165, 1.54) is 7.11 Å². The number of fused-ring (bicyclic) bond motifs is 4. The number of methoxy groups -OCH3 is 1. The van der Waals surface area contributed by atoms with Gasteiger partial charge in [0.1, 0.15) is 6.10 Å². The van der Waals surface area contributed by atoms with Crippen LogP contribution in [0.1, 0.15) is 92.4 Å². The van der Waals surface area contributed by atoms with Crippen LogP contribution in [0.2, 0.25) is 0 Å². The van der Waals surface area contributed by atoms with Crippen molar-refractivity contribution in [3.63, 3.8) is 0 Å². The molecule has 4 aliphatic carbocycles.